The SMILES string of the molecule is Cl.NC1CCN(CC(=O)N2CCCC(C(F)(F)F)C2)CC1. The predicted octanol–water partition coefficient (Wildman–Crippen LogP) is 1.63. The Balaban J connectivity index is 0.00000220. The zero-order valence-corrected chi connectivity index (χ0v) is 12.8. The quantitative estimate of drug-likeness (QED) is 0.838. The van der Waals surface area contributed by atoms with Crippen LogP contribution in [0, 0.1) is 5.92 Å². The van der Waals surface area contributed by atoms with Gasteiger partial charge in [0.2, 0.25) is 5.91 Å². The summed E-state index contributed by atoms with van der Waals surface area (Å²) in [6.07, 6.45) is -1.94. The average molecular weight is 330 g/mol. The van der Waals surface area contributed by atoms with Gasteiger partial charge in [-0.25, -0.2) is 0 Å². The normalized spacial score (nSPS) is 25.5. The summed E-state index contributed by atoms with van der Waals surface area (Å²) in [4.78, 5) is 15.5. The van der Waals surface area contributed by atoms with Crippen LogP contribution in [0.4, 0.5) is 13.2 Å². The molecule has 2 rings (SSSR count). The topological polar surface area (TPSA) is 49.6 Å². The van der Waals surface area contributed by atoms with Gasteiger partial charge in [-0.3, -0.25) is 9.69 Å². The molecule has 8 heteroatoms. The van der Waals surface area contributed by atoms with Gasteiger partial charge in [0.15, 0.2) is 0 Å². The lowest BCUT2D eigenvalue weighted by molar-refractivity contribution is -0.188. The summed E-state index contributed by atoms with van der Waals surface area (Å²) in [5, 5.41) is 0. The van der Waals surface area contributed by atoms with Gasteiger partial charge in [-0.2, -0.15) is 13.2 Å². The van der Waals surface area contributed by atoms with Gasteiger partial charge in [-0.15, -0.1) is 12.4 Å². The van der Waals surface area contributed by atoms with E-state index in [2.05, 4.69) is 0 Å². The smallest absolute Gasteiger partial charge is 0.341 e. The van der Waals surface area contributed by atoms with Gasteiger partial charge < -0.3 is 10.6 Å². The van der Waals surface area contributed by atoms with Crippen molar-refractivity contribution in [3.05, 3.63) is 0 Å². The van der Waals surface area contributed by atoms with E-state index in [4.69, 9.17) is 5.73 Å². The summed E-state index contributed by atoms with van der Waals surface area (Å²) in [5.74, 6) is -1.55. The Labute approximate surface area is 129 Å². The number of halogens is 4. The Hall–Kier alpha value is -0.530. The van der Waals surface area contributed by atoms with Gasteiger partial charge in [0.1, 0.15) is 0 Å². The molecule has 1 atom stereocenters. The molecule has 2 heterocycles. The Kier molecular flexibility index (Phi) is 6.74. The van der Waals surface area contributed by atoms with E-state index in [-0.39, 0.29) is 43.9 Å². The van der Waals surface area contributed by atoms with Crippen LogP contribution in [-0.4, -0.2) is 60.6 Å². The molecule has 2 aliphatic heterocycles. The first kappa shape index (κ1) is 18.5. The van der Waals surface area contributed by atoms with Crippen molar-refractivity contribution in [2.75, 3.05) is 32.7 Å². The number of amides is 1. The van der Waals surface area contributed by atoms with Crippen molar-refractivity contribution < 1.29 is 18.0 Å². The van der Waals surface area contributed by atoms with Crippen molar-refractivity contribution in [1.82, 2.24) is 9.80 Å². The molecular weight excluding hydrogens is 307 g/mol. The van der Waals surface area contributed by atoms with Crippen LogP contribution in [0.3, 0.4) is 0 Å². The van der Waals surface area contributed by atoms with Crippen molar-refractivity contribution in [2.24, 2.45) is 11.7 Å². The maximum absolute atomic E-state index is 12.7. The second kappa shape index (κ2) is 7.65. The zero-order valence-electron chi connectivity index (χ0n) is 11.9. The van der Waals surface area contributed by atoms with Gasteiger partial charge >= 0.3 is 6.18 Å². The summed E-state index contributed by atoms with van der Waals surface area (Å²) >= 11 is 0. The number of nitrogens with two attached hydrogens (primary N) is 1. The summed E-state index contributed by atoms with van der Waals surface area (Å²) in [6.45, 7) is 1.98. The Morgan fingerprint density at radius 3 is 2.33 bits per heavy atom. The second-order valence-corrected chi connectivity index (χ2v) is 5.83. The number of carbonyl (C=O) groups excluding carboxylic acids is 1. The van der Waals surface area contributed by atoms with Crippen LogP contribution in [-0.2, 0) is 4.79 Å². The monoisotopic (exact) mass is 329 g/mol. The molecule has 0 aliphatic carbocycles. The van der Waals surface area contributed by atoms with Gasteiger partial charge in [0, 0.05) is 32.2 Å². The first-order valence-corrected chi connectivity index (χ1v) is 7.18. The molecule has 0 bridgehead atoms. The highest BCUT2D eigenvalue weighted by Gasteiger charge is 2.42. The molecule has 2 fully saturated rings. The lowest BCUT2D eigenvalue weighted by Gasteiger charge is -2.36. The average Bonchev–Trinajstić information content (AvgIpc) is 2.40. The zero-order chi connectivity index (χ0) is 14.8. The number of rotatable bonds is 2. The van der Waals surface area contributed by atoms with Crippen LogP contribution >= 0.6 is 12.4 Å². The number of likely N-dealkylation sites (tertiary alicyclic amines) is 2. The Bertz CT molecular complexity index is 346. The number of carbonyl (C=O) groups is 1. The van der Waals surface area contributed by atoms with Crippen LogP contribution in [0.5, 0.6) is 0 Å². The predicted molar refractivity (Wildman–Crippen MR) is 76.3 cm³/mol. The van der Waals surface area contributed by atoms with Crippen LogP contribution in [0.1, 0.15) is 25.7 Å². The minimum Gasteiger partial charge on any atom is -0.341 e. The summed E-state index contributed by atoms with van der Waals surface area (Å²) in [7, 11) is 0. The maximum atomic E-state index is 12.7. The molecule has 1 amide bonds. The summed E-state index contributed by atoms with van der Waals surface area (Å²) < 4.78 is 38.2. The molecule has 0 saturated carbocycles. The number of hydrogen-bond acceptors (Lipinski definition) is 3. The van der Waals surface area contributed by atoms with Crippen LogP contribution in [0.2, 0.25) is 0 Å². The number of piperidine rings is 2. The fourth-order valence-corrected chi connectivity index (χ4v) is 2.87. The molecule has 21 heavy (non-hydrogen) atoms. The lowest BCUT2D eigenvalue weighted by Crippen LogP contribution is -2.49. The van der Waals surface area contributed by atoms with Crippen molar-refractivity contribution in [3.63, 3.8) is 0 Å². The van der Waals surface area contributed by atoms with Crippen LogP contribution in [0.15, 0.2) is 0 Å². The van der Waals surface area contributed by atoms with Gasteiger partial charge in [-0.1, -0.05) is 0 Å². The largest absolute Gasteiger partial charge is 0.393 e. The molecule has 0 spiro atoms. The molecule has 0 radical (unpaired) electrons. The maximum Gasteiger partial charge on any atom is 0.393 e. The molecule has 4 nitrogen and oxygen atoms in total. The molecule has 2 aliphatic rings. The summed E-state index contributed by atoms with van der Waals surface area (Å²) in [5.41, 5.74) is 5.79. The third-order valence-electron chi connectivity index (χ3n) is 4.23. The van der Waals surface area contributed by atoms with Gasteiger partial charge in [-0.05, 0) is 25.7 Å². The van der Waals surface area contributed by atoms with Crippen molar-refractivity contribution in [2.45, 2.75) is 37.9 Å². The first-order chi connectivity index (χ1) is 9.36. The molecule has 0 aromatic rings. The Morgan fingerprint density at radius 2 is 1.76 bits per heavy atom. The van der Waals surface area contributed by atoms with E-state index in [1.54, 1.807) is 0 Å². The standard InChI is InChI=1S/C13H22F3N3O.ClH/c14-13(15,16)10-2-1-5-19(8-10)12(20)9-18-6-3-11(17)4-7-18;/h10-11H,1-9,17H2;1H. The number of alkyl halides is 3. The van der Waals surface area contributed by atoms with E-state index in [0.717, 1.165) is 25.9 Å². The molecule has 1 unspecified atom stereocenters. The van der Waals surface area contributed by atoms with Crippen molar-refractivity contribution >= 4 is 18.3 Å². The molecule has 0 aromatic carbocycles. The third kappa shape index (κ3) is 5.30. The molecule has 0 aromatic heterocycles. The number of hydrogen-bond donors (Lipinski definition) is 1. The van der Waals surface area contributed by atoms with Gasteiger partial charge in [0.25, 0.3) is 0 Å². The van der Waals surface area contributed by atoms with E-state index in [1.807, 2.05) is 4.90 Å². The molecule has 2 N–H and O–H groups in total. The van der Waals surface area contributed by atoms with E-state index >= 15 is 0 Å². The van der Waals surface area contributed by atoms with Crippen molar-refractivity contribution in [1.29, 1.82) is 0 Å². The first-order valence-electron chi connectivity index (χ1n) is 7.18. The highest BCUT2D eigenvalue weighted by molar-refractivity contribution is 5.85. The highest BCUT2D eigenvalue weighted by Crippen LogP contribution is 2.33. The fourth-order valence-electron chi connectivity index (χ4n) is 2.87. The van der Waals surface area contributed by atoms with Crippen LogP contribution in [0.25, 0.3) is 0 Å². The van der Waals surface area contributed by atoms with Gasteiger partial charge in [0.05, 0.1) is 12.5 Å². The highest BCUT2D eigenvalue weighted by atomic mass is 35.5. The third-order valence-corrected chi connectivity index (χ3v) is 4.23. The lowest BCUT2D eigenvalue weighted by atomic mass is 9.97. The molecule has 2 saturated heterocycles. The van der Waals surface area contributed by atoms with Crippen LogP contribution < -0.4 is 5.73 Å². The fraction of sp³-hybridized carbons (Fsp3) is 0.923. The van der Waals surface area contributed by atoms with E-state index in [1.165, 1.54) is 4.90 Å². The van der Waals surface area contributed by atoms with E-state index in [9.17, 15) is 18.0 Å². The molecule has 124 valence electrons. The Morgan fingerprint density at radius 1 is 1.14 bits per heavy atom. The molecular formula is C13H23ClF3N3O. The van der Waals surface area contributed by atoms with E-state index < -0.39 is 12.1 Å². The summed E-state index contributed by atoms with van der Waals surface area (Å²) in [6, 6.07) is 0.186. The minimum absolute atomic E-state index is 0. The minimum atomic E-state index is -4.20. The number of nitrogens with zero attached hydrogens (tertiary/aromatic N) is 2. The second-order valence-electron chi connectivity index (χ2n) is 5.83. The van der Waals surface area contributed by atoms with Crippen molar-refractivity contribution in [3.8, 4) is 0 Å². The van der Waals surface area contributed by atoms with E-state index in [0.29, 0.717) is 13.0 Å².